The van der Waals surface area contributed by atoms with Gasteiger partial charge in [0.05, 0.1) is 11.8 Å². The molecule has 3 heterocycles. The van der Waals surface area contributed by atoms with Crippen molar-refractivity contribution in [1.29, 1.82) is 0 Å². The number of nitrogens with one attached hydrogen (secondary N) is 1. The van der Waals surface area contributed by atoms with Crippen LogP contribution in [0, 0.1) is 0 Å². The van der Waals surface area contributed by atoms with Gasteiger partial charge in [-0.3, -0.25) is 0 Å². The third kappa shape index (κ3) is 3.43. The van der Waals surface area contributed by atoms with Gasteiger partial charge < -0.3 is 19.5 Å². The highest BCUT2D eigenvalue weighted by molar-refractivity contribution is 5.76. The average molecular weight is 395 g/mol. The second-order valence-electron chi connectivity index (χ2n) is 9.23. The van der Waals surface area contributed by atoms with Crippen LogP contribution in [0.3, 0.4) is 0 Å². The first-order valence-electron chi connectivity index (χ1n) is 11.4. The number of ether oxygens (including phenoxy) is 1. The molecule has 1 N–H and O–H groups in total. The van der Waals surface area contributed by atoms with Gasteiger partial charge in [-0.05, 0) is 77.1 Å². The number of hydrogen-bond acceptors (Lipinski definition) is 4. The van der Waals surface area contributed by atoms with Gasteiger partial charge >= 0.3 is 0 Å². The Hall–Kier alpha value is -2.01. The molecule has 0 amide bonds. The maximum absolute atomic E-state index is 6.63. The molecule has 1 saturated heterocycles. The van der Waals surface area contributed by atoms with Gasteiger partial charge in [0.25, 0.3) is 0 Å². The molecule has 1 saturated carbocycles. The van der Waals surface area contributed by atoms with Crippen molar-refractivity contribution in [3.63, 3.8) is 0 Å². The summed E-state index contributed by atoms with van der Waals surface area (Å²) in [6, 6.07) is 5.11. The van der Waals surface area contributed by atoms with Crippen molar-refractivity contribution in [2.24, 2.45) is 7.05 Å². The molecule has 29 heavy (non-hydrogen) atoms. The Morgan fingerprint density at radius 2 is 1.86 bits per heavy atom. The molecular weight excluding hydrogens is 360 g/mol. The van der Waals surface area contributed by atoms with E-state index in [9.17, 15) is 0 Å². The van der Waals surface area contributed by atoms with Gasteiger partial charge in [0.2, 0.25) is 0 Å². The molecule has 1 aromatic heterocycles. The lowest BCUT2D eigenvalue weighted by Crippen LogP contribution is -2.34. The molecule has 2 aliphatic heterocycles. The van der Waals surface area contributed by atoms with Crippen LogP contribution in [0.25, 0.3) is 11.3 Å². The van der Waals surface area contributed by atoms with Crippen LogP contribution in [-0.4, -0.2) is 41.8 Å². The Balaban J connectivity index is 1.56. The Kier molecular flexibility index (Phi) is 5.02. The molecule has 2 fully saturated rings. The van der Waals surface area contributed by atoms with Gasteiger partial charge in [-0.2, -0.15) is 0 Å². The van der Waals surface area contributed by atoms with Crippen molar-refractivity contribution in [2.75, 3.05) is 25.0 Å². The Morgan fingerprint density at radius 3 is 2.59 bits per heavy atom. The Bertz CT molecular complexity index is 879. The van der Waals surface area contributed by atoms with Gasteiger partial charge in [-0.25, -0.2) is 4.98 Å². The van der Waals surface area contributed by atoms with E-state index in [1.54, 1.807) is 0 Å². The minimum absolute atomic E-state index is 0.373. The SMILES string of the molecule is CC1CCc2c(ccc(-c3cn(C)c(C4CCNCC4)n3)c2OC2CCC2)N1C. The molecule has 1 aromatic carbocycles. The Labute approximate surface area is 174 Å². The number of hydrogen-bond donors (Lipinski definition) is 1. The zero-order valence-electron chi connectivity index (χ0n) is 18.1. The van der Waals surface area contributed by atoms with Crippen molar-refractivity contribution in [3.05, 3.63) is 29.7 Å². The molecule has 0 bridgehead atoms. The average Bonchev–Trinajstić information content (AvgIpc) is 3.09. The van der Waals surface area contributed by atoms with Crippen LogP contribution in [0.15, 0.2) is 18.3 Å². The molecule has 2 aromatic rings. The summed E-state index contributed by atoms with van der Waals surface area (Å²) in [4.78, 5) is 7.55. The first-order valence-corrected chi connectivity index (χ1v) is 11.4. The highest BCUT2D eigenvalue weighted by atomic mass is 16.5. The van der Waals surface area contributed by atoms with Crippen LogP contribution >= 0.6 is 0 Å². The second kappa shape index (κ2) is 7.67. The summed E-state index contributed by atoms with van der Waals surface area (Å²) < 4.78 is 8.87. The van der Waals surface area contributed by atoms with E-state index < -0.39 is 0 Å². The zero-order valence-corrected chi connectivity index (χ0v) is 18.1. The lowest BCUT2D eigenvalue weighted by atomic mass is 9.92. The summed E-state index contributed by atoms with van der Waals surface area (Å²) in [5.41, 5.74) is 4.95. The summed E-state index contributed by atoms with van der Waals surface area (Å²) in [6.07, 6.45) is 10.8. The van der Waals surface area contributed by atoms with Gasteiger partial charge in [-0.1, -0.05) is 0 Å². The summed E-state index contributed by atoms with van der Waals surface area (Å²) in [6.45, 7) is 4.49. The number of aromatic nitrogens is 2. The zero-order chi connectivity index (χ0) is 20.0. The van der Waals surface area contributed by atoms with Crippen molar-refractivity contribution < 1.29 is 4.74 Å². The smallest absolute Gasteiger partial charge is 0.134 e. The van der Waals surface area contributed by atoms with E-state index in [0.29, 0.717) is 18.1 Å². The van der Waals surface area contributed by atoms with Crippen LogP contribution in [0.5, 0.6) is 5.75 Å². The van der Waals surface area contributed by atoms with E-state index in [4.69, 9.17) is 9.72 Å². The van der Waals surface area contributed by atoms with Crippen LogP contribution < -0.4 is 15.0 Å². The predicted molar refractivity (Wildman–Crippen MR) is 118 cm³/mol. The first kappa shape index (κ1) is 19.0. The number of rotatable bonds is 4. The number of imidazole rings is 1. The van der Waals surface area contributed by atoms with Crippen molar-refractivity contribution in [1.82, 2.24) is 14.9 Å². The van der Waals surface area contributed by atoms with Crippen molar-refractivity contribution in [3.8, 4) is 17.0 Å². The van der Waals surface area contributed by atoms with Gasteiger partial charge in [-0.15, -0.1) is 0 Å². The highest BCUT2D eigenvalue weighted by Crippen LogP contribution is 2.44. The fraction of sp³-hybridized carbons (Fsp3) is 0.625. The molecule has 0 spiro atoms. The Morgan fingerprint density at radius 1 is 1.07 bits per heavy atom. The molecule has 5 rings (SSSR count). The molecule has 5 nitrogen and oxygen atoms in total. The minimum Gasteiger partial charge on any atom is -0.489 e. The maximum Gasteiger partial charge on any atom is 0.134 e. The van der Waals surface area contributed by atoms with E-state index in [1.807, 2.05) is 0 Å². The number of anilines is 1. The van der Waals surface area contributed by atoms with Gasteiger partial charge in [0.1, 0.15) is 11.6 Å². The van der Waals surface area contributed by atoms with E-state index in [-0.39, 0.29) is 0 Å². The monoisotopic (exact) mass is 394 g/mol. The number of piperidine rings is 1. The number of aryl methyl sites for hydroxylation is 1. The van der Waals surface area contributed by atoms with E-state index in [2.05, 4.69) is 54.1 Å². The fourth-order valence-corrected chi connectivity index (χ4v) is 5.04. The van der Waals surface area contributed by atoms with Crippen LogP contribution in [0.1, 0.15) is 62.8 Å². The standard InChI is InChI=1S/C24H34N4O/c1-16-7-8-20-22(28(16)3)10-9-19(23(20)29-18-5-4-6-18)21-15-27(2)24(26-21)17-11-13-25-14-12-17/h9-10,15-18,25H,4-8,11-14H2,1-3H3. The molecule has 156 valence electrons. The van der Waals surface area contributed by atoms with Crippen molar-refractivity contribution in [2.45, 2.75) is 69.9 Å². The molecule has 0 radical (unpaired) electrons. The third-order valence-electron chi connectivity index (χ3n) is 7.32. The normalized spacial score (nSPS) is 23.0. The lowest BCUT2D eigenvalue weighted by Gasteiger charge is -2.36. The molecule has 1 aliphatic carbocycles. The van der Waals surface area contributed by atoms with Gasteiger partial charge in [0.15, 0.2) is 0 Å². The van der Waals surface area contributed by atoms with Crippen molar-refractivity contribution >= 4 is 5.69 Å². The quantitative estimate of drug-likeness (QED) is 0.842. The van der Waals surface area contributed by atoms with Crippen LogP contribution in [0.4, 0.5) is 5.69 Å². The third-order valence-corrected chi connectivity index (χ3v) is 7.32. The first-order chi connectivity index (χ1) is 14.1. The lowest BCUT2D eigenvalue weighted by molar-refractivity contribution is 0.119. The maximum atomic E-state index is 6.63. The predicted octanol–water partition coefficient (Wildman–Crippen LogP) is 4.26. The molecule has 5 heteroatoms. The minimum atomic E-state index is 0.373. The summed E-state index contributed by atoms with van der Waals surface area (Å²) in [7, 11) is 4.36. The van der Waals surface area contributed by atoms with E-state index >= 15 is 0 Å². The fourth-order valence-electron chi connectivity index (χ4n) is 5.04. The second-order valence-corrected chi connectivity index (χ2v) is 9.23. The topological polar surface area (TPSA) is 42.3 Å². The summed E-state index contributed by atoms with van der Waals surface area (Å²) in [5, 5.41) is 3.47. The van der Waals surface area contributed by atoms with Crippen LogP contribution in [-0.2, 0) is 13.5 Å². The van der Waals surface area contributed by atoms with E-state index in [0.717, 1.165) is 31.0 Å². The largest absolute Gasteiger partial charge is 0.489 e. The number of fused-ring (bicyclic) bond motifs is 1. The number of benzene rings is 1. The highest BCUT2D eigenvalue weighted by Gasteiger charge is 2.29. The molecule has 1 unspecified atom stereocenters. The molecule has 1 atom stereocenters. The summed E-state index contributed by atoms with van der Waals surface area (Å²) in [5.74, 6) is 2.87. The molecule has 3 aliphatic rings. The molecular formula is C24H34N4O. The van der Waals surface area contributed by atoms with Crippen LogP contribution in [0.2, 0.25) is 0 Å². The van der Waals surface area contributed by atoms with Gasteiger partial charge in [0, 0.05) is 49.1 Å². The van der Waals surface area contributed by atoms with E-state index in [1.165, 1.54) is 61.2 Å². The number of nitrogens with zero attached hydrogens (tertiary/aromatic N) is 3. The summed E-state index contributed by atoms with van der Waals surface area (Å²) >= 11 is 0.